The Labute approximate surface area is 127 Å². The van der Waals surface area contributed by atoms with Crippen molar-refractivity contribution >= 4 is 11.8 Å². The molecule has 2 rings (SSSR count). The van der Waals surface area contributed by atoms with E-state index in [9.17, 15) is 5.11 Å². The van der Waals surface area contributed by atoms with Gasteiger partial charge in [0.25, 0.3) is 0 Å². The topological polar surface area (TPSA) is 64.5 Å². The fraction of sp³-hybridized carbons (Fsp3) is 0.733. The Morgan fingerprint density at radius 1 is 1.48 bits per heavy atom. The first-order valence-electron chi connectivity index (χ1n) is 7.71. The van der Waals surface area contributed by atoms with Crippen molar-refractivity contribution in [1.82, 2.24) is 14.9 Å². The first kappa shape index (κ1) is 16.0. The number of aromatic nitrogens is 2. The number of likely N-dealkylation sites (tertiary alicyclic amines) is 1. The van der Waals surface area contributed by atoms with Crippen molar-refractivity contribution in [2.24, 2.45) is 0 Å². The number of hydrogen-bond donors (Lipinski definition) is 2. The molecule has 0 aromatic carbocycles. The van der Waals surface area contributed by atoms with Crippen LogP contribution < -0.4 is 10.2 Å². The van der Waals surface area contributed by atoms with Crippen LogP contribution in [-0.2, 0) is 0 Å². The second-order valence-electron chi connectivity index (χ2n) is 5.97. The summed E-state index contributed by atoms with van der Waals surface area (Å²) < 4.78 is 0. The Morgan fingerprint density at radius 2 is 2.29 bits per heavy atom. The van der Waals surface area contributed by atoms with E-state index in [2.05, 4.69) is 20.2 Å². The minimum atomic E-state index is -0.144. The van der Waals surface area contributed by atoms with Crippen LogP contribution in [0.1, 0.15) is 24.8 Å². The lowest BCUT2D eigenvalue weighted by atomic mass is 10.1. The predicted octanol–water partition coefficient (Wildman–Crippen LogP) is 1.11. The number of hydrogen-bond acceptors (Lipinski definition) is 6. The lowest BCUT2D eigenvalue weighted by molar-refractivity contribution is 0.0706. The Balaban J connectivity index is 1.74. The van der Waals surface area contributed by atoms with Crippen molar-refractivity contribution in [3.05, 3.63) is 11.8 Å². The highest BCUT2D eigenvalue weighted by atomic mass is 16.3. The van der Waals surface area contributed by atoms with Gasteiger partial charge in [-0.1, -0.05) is 0 Å². The maximum atomic E-state index is 9.64. The van der Waals surface area contributed by atoms with Crippen LogP contribution in [0.5, 0.6) is 0 Å². The minimum Gasteiger partial charge on any atom is -0.392 e. The van der Waals surface area contributed by atoms with Crippen LogP contribution in [0.2, 0.25) is 0 Å². The van der Waals surface area contributed by atoms with E-state index in [1.54, 1.807) is 0 Å². The zero-order chi connectivity index (χ0) is 15.2. The molecular formula is C15H27N5O. The zero-order valence-corrected chi connectivity index (χ0v) is 13.3. The van der Waals surface area contributed by atoms with E-state index in [0.717, 1.165) is 56.8 Å². The Morgan fingerprint density at radius 3 is 3.00 bits per heavy atom. The molecule has 0 bridgehead atoms. The van der Waals surface area contributed by atoms with Crippen molar-refractivity contribution in [3.63, 3.8) is 0 Å². The molecule has 21 heavy (non-hydrogen) atoms. The molecule has 0 amide bonds. The molecule has 2 heterocycles. The number of rotatable bonds is 6. The van der Waals surface area contributed by atoms with E-state index < -0.39 is 0 Å². The van der Waals surface area contributed by atoms with E-state index in [1.165, 1.54) is 0 Å². The van der Waals surface area contributed by atoms with Gasteiger partial charge in [0.2, 0.25) is 5.95 Å². The predicted molar refractivity (Wildman–Crippen MR) is 85.9 cm³/mol. The monoisotopic (exact) mass is 293 g/mol. The van der Waals surface area contributed by atoms with Gasteiger partial charge in [-0.3, -0.25) is 0 Å². The molecule has 1 aromatic heterocycles. The van der Waals surface area contributed by atoms with Gasteiger partial charge in [-0.15, -0.1) is 0 Å². The zero-order valence-electron chi connectivity index (χ0n) is 13.3. The summed E-state index contributed by atoms with van der Waals surface area (Å²) in [5.41, 5.74) is 1.08. The number of nitrogens with one attached hydrogen (secondary N) is 1. The average Bonchev–Trinajstić information content (AvgIpc) is 2.45. The molecule has 1 atom stereocenters. The van der Waals surface area contributed by atoms with E-state index in [4.69, 9.17) is 0 Å². The first-order valence-corrected chi connectivity index (χ1v) is 7.71. The van der Waals surface area contributed by atoms with Gasteiger partial charge in [-0.25, -0.2) is 4.98 Å². The SMILES string of the molecule is Cc1cnc(NCCCN2CCCC(O)C2)nc1N(C)C. The minimum absolute atomic E-state index is 0.144. The second-order valence-corrected chi connectivity index (χ2v) is 5.97. The third-order valence-corrected chi connectivity index (χ3v) is 3.78. The van der Waals surface area contributed by atoms with Crippen LogP contribution in [0.4, 0.5) is 11.8 Å². The largest absolute Gasteiger partial charge is 0.392 e. The quantitative estimate of drug-likeness (QED) is 0.766. The standard InChI is InChI=1S/C15H27N5O/c1-12-10-17-15(18-14(12)19(2)3)16-7-5-9-20-8-4-6-13(21)11-20/h10,13,21H,4-9,11H2,1-3H3,(H,16,17,18). The van der Waals surface area contributed by atoms with Crippen LogP contribution in [0.25, 0.3) is 0 Å². The van der Waals surface area contributed by atoms with E-state index in [0.29, 0.717) is 5.95 Å². The van der Waals surface area contributed by atoms with Crippen LogP contribution >= 0.6 is 0 Å². The molecule has 1 aliphatic rings. The van der Waals surface area contributed by atoms with Crippen LogP contribution in [0.15, 0.2) is 6.20 Å². The number of piperidine rings is 1. The van der Waals surface area contributed by atoms with Gasteiger partial charge in [0.05, 0.1) is 6.10 Å². The van der Waals surface area contributed by atoms with Crippen LogP contribution in [-0.4, -0.2) is 66.4 Å². The average molecular weight is 293 g/mol. The van der Waals surface area contributed by atoms with Crippen molar-refractivity contribution in [1.29, 1.82) is 0 Å². The van der Waals surface area contributed by atoms with E-state index >= 15 is 0 Å². The summed E-state index contributed by atoms with van der Waals surface area (Å²) in [6.07, 6.45) is 4.78. The summed E-state index contributed by atoms with van der Waals surface area (Å²) in [5.74, 6) is 1.63. The van der Waals surface area contributed by atoms with Gasteiger partial charge in [0, 0.05) is 38.9 Å². The summed E-state index contributed by atoms with van der Waals surface area (Å²) in [6.45, 7) is 5.79. The highest BCUT2D eigenvalue weighted by molar-refractivity contribution is 5.47. The molecule has 0 saturated carbocycles. The molecule has 1 fully saturated rings. The van der Waals surface area contributed by atoms with Gasteiger partial charge in [-0.05, 0) is 39.3 Å². The lowest BCUT2D eigenvalue weighted by Gasteiger charge is -2.29. The maximum absolute atomic E-state index is 9.64. The number of β-amino-alcohol motifs (C(OH)–C–C–N with tert-alkyl or cyclic N) is 1. The molecule has 1 unspecified atom stereocenters. The fourth-order valence-electron chi connectivity index (χ4n) is 2.71. The highest BCUT2D eigenvalue weighted by Crippen LogP contribution is 2.15. The number of nitrogens with zero attached hydrogens (tertiary/aromatic N) is 4. The Kier molecular flexibility index (Phi) is 5.76. The molecule has 0 aliphatic carbocycles. The molecular weight excluding hydrogens is 266 g/mol. The summed E-state index contributed by atoms with van der Waals surface area (Å²) in [4.78, 5) is 13.2. The van der Waals surface area contributed by atoms with Gasteiger partial charge in [0.1, 0.15) is 5.82 Å². The van der Waals surface area contributed by atoms with Crippen molar-refractivity contribution < 1.29 is 5.11 Å². The number of anilines is 2. The third kappa shape index (κ3) is 4.82. The summed E-state index contributed by atoms with van der Waals surface area (Å²) >= 11 is 0. The van der Waals surface area contributed by atoms with Gasteiger partial charge in [-0.2, -0.15) is 4.98 Å². The summed E-state index contributed by atoms with van der Waals surface area (Å²) in [6, 6.07) is 0. The number of aliphatic hydroxyl groups excluding tert-OH is 1. The summed E-state index contributed by atoms with van der Waals surface area (Å²) in [5, 5.41) is 12.9. The smallest absolute Gasteiger partial charge is 0.224 e. The van der Waals surface area contributed by atoms with Crippen LogP contribution in [0, 0.1) is 6.92 Å². The molecule has 6 heteroatoms. The van der Waals surface area contributed by atoms with Crippen molar-refractivity contribution in [3.8, 4) is 0 Å². The van der Waals surface area contributed by atoms with Crippen molar-refractivity contribution in [2.45, 2.75) is 32.3 Å². The second kappa shape index (κ2) is 7.56. The lowest BCUT2D eigenvalue weighted by Crippen LogP contribution is -2.39. The molecule has 1 saturated heterocycles. The molecule has 6 nitrogen and oxygen atoms in total. The molecule has 0 spiro atoms. The van der Waals surface area contributed by atoms with Gasteiger partial charge < -0.3 is 20.2 Å². The maximum Gasteiger partial charge on any atom is 0.224 e. The van der Waals surface area contributed by atoms with E-state index in [1.807, 2.05) is 32.1 Å². The normalized spacial score (nSPS) is 19.5. The van der Waals surface area contributed by atoms with Crippen LogP contribution in [0.3, 0.4) is 0 Å². The number of aryl methyl sites for hydroxylation is 1. The fourth-order valence-corrected chi connectivity index (χ4v) is 2.71. The molecule has 0 radical (unpaired) electrons. The van der Waals surface area contributed by atoms with Crippen molar-refractivity contribution in [2.75, 3.05) is 50.5 Å². The Bertz CT molecular complexity index is 452. The van der Waals surface area contributed by atoms with E-state index in [-0.39, 0.29) is 6.10 Å². The highest BCUT2D eigenvalue weighted by Gasteiger charge is 2.16. The molecule has 118 valence electrons. The molecule has 2 N–H and O–H groups in total. The number of aliphatic hydroxyl groups is 1. The first-order chi connectivity index (χ1) is 10.1. The van der Waals surface area contributed by atoms with Gasteiger partial charge >= 0.3 is 0 Å². The molecule has 1 aliphatic heterocycles. The Hall–Kier alpha value is -1.40. The third-order valence-electron chi connectivity index (χ3n) is 3.78. The summed E-state index contributed by atoms with van der Waals surface area (Å²) in [7, 11) is 3.97. The van der Waals surface area contributed by atoms with Gasteiger partial charge in [0.15, 0.2) is 0 Å². The molecule has 1 aromatic rings.